The predicted molar refractivity (Wildman–Crippen MR) is 120 cm³/mol. The minimum atomic E-state index is -0.676. The molecular formula is C24H19ClFN3O2. The van der Waals surface area contributed by atoms with Crippen molar-refractivity contribution in [3.8, 4) is 0 Å². The van der Waals surface area contributed by atoms with E-state index in [1.165, 1.54) is 17.0 Å². The van der Waals surface area contributed by atoms with E-state index >= 15 is 0 Å². The molecule has 31 heavy (non-hydrogen) atoms. The number of hydrogen-bond acceptors (Lipinski definition) is 3. The first kappa shape index (κ1) is 20.8. The first-order valence-electron chi connectivity index (χ1n) is 9.73. The van der Waals surface area contributed by atoms with Crippen molar-refractivity contribution in [2.45, 2.75) is 13.0 Å². The number of anilines is 2. The number of nitrogens with zero attached hydrogens (tertiary/aromatic N) is 2. The zero-order chi connectivity index (χ0) is 22.0. The van der Waals surface area contributed by atoms with Crippen molar-refractivity contribution in [1.82, 2.24) is 0 Å². The van der Waals surface area contributed by atoms with E-state index in [1.807, 2.05) is 48.5 Å². The van der Waals surface area contributed by atoms with Crippen molar-refractivity contribution in [3.63, 3.8) is 0 Å². The number of rotatable bonds is 4. The molecule has 1 aliphatic heterocycles. The molecule has 0 fully saturated rings. The van der Waals surface area contributed by atoms with Gasteiger partial charge in [-0.25, -0.2) is 4.39 Å². The van der Waals surface area contributed by atoms with Gasteiger partial charge in [-0.1, -0.05) is 60.1 Å². The first-order valence-corrected chi connectivity index (χ1v) is 10.1. The van der Waals surface area contributed by atoms with E-state index in [4.69, 9.17) is 11.6 Å². The molecule has 5 nitrogen and oxygen atoms in total. The van der Waals surface area contributed by atoms with Gasteiger partial charge in [0.15, 0.2) is 0 Å². The largest absolute Gasteiger partial charge is 0.323 e. The minimum Gasteiger partial charge on any atom is -0.323 e. The van der Waals surface area contributed by atoms with Crippen molar-refractivity contribution in [1.29, 1.82) is 0 Å². The van der Waals surface area contributed by atoms with E-state index < -0.39 is 17.8 Å². The third-order valence-electron chi connectivity index (χ3n) is 4.95. The summed E-state index contributed by atoms with van der Waals surface area (Å²) in [7, 11) is 0. The van der Waals surface area contributed by atoms with Gasteiger partial charge < -0.3 is 10.2 Å². The van der Waals surface area contributed by atoms with E-state index in [9.17, 15) is 14.0 Å². The maximum atomic E-state index is 13.3. The molecule has 0 unspecified atom stereocenters. The Hall–Kier alpha value is -3.51. The molecule has 1 aliphatic rings. The van der Waals surface area contributed by atoms with Crippen molar-refractivity contribution in [2.75, 3.05) is 16.8 Å². The summed E-state index contributed by atoms with van der Waals surface area (Å²) in [6.07, 6.45) is 0. The zero-order valence-corrected chi connectivity index (χ0v) is 17.4. The van der Waals surface area contributed by atoms with E-state index in [1.54, 1.807) is 13.0 Å². The van der Waals surface area contributed by atoms with Gasteiger partial charge in [-0.2, -0.15) is 0 Å². The van der Waals surface area contributed by atoms with Crippen LogP contribution in [-0.2, 0) is 9.59 Å². The van der Waals surface area contributed by atoms with Gasteiger partial charge in [0, 0.05) is 11.1 Å². The molecule has 4 rings (SSSR count). The van der Waals surface area contributed by atoms with Crippen LogP contribution in [0.3, 0.4) is 0 Å². The molecule has 1 heterocycles. The highest BCUT2D eigenvalue weighted by Crippen LogP contribution is 2.29. The van der Waals surface area contributed by atoms with Crippen molar-refractivity contribution in [3.05, 3.63) is 94.8 Å². The van der Waals surface area contributed by atoms with Gasteiger partial charge >= 0.3 is 0 Å². The van der Waals surface area contributed by atoms with Crippen LogP contribution in [0.1, 0.15) is 18.1 Å². The number of nitrogens with one attached hydrogen (secondary N) is 1. The normalized spacial score (nSPS) is 15.7. The zero-order valence-electron chi connectivity index (χ0n) is 16.7. The first-order chi connectivity index (χ1) is 14.9. The molecule has 3 aromatic rings. The second-order valence-corrected chi connectivity index (χ2v) is 7.54. The summed E-state index contributed by atoms with van der Waals surface area (Å²) < 4.78 is 13.3. The highest BCUT2D eigenvalue weighted by Gasteiger charge is 2.30. The maximum absolute atomic E-state index is 13.3. The molecule has 0 radical (unpaired) electrons. The molecule has 0 aliphatic carbocycles. The lowest BCUT2D eigenvalue weighted by Crippen LogP contribution is -2.42. The van der Waals surface area contributed by atoms with Crippen LogP contribution >= 0.6 is 11.6 Å². The monoisotopic (exact) mass is 435 g/mol. The second kappa shape index (κ2) is 8.70. The average Bonchev–Trinajstić information content (AvgIpc) is 2.87. The highest BCUT2D eigenvalue weighted by atomic mass is 35.5. The summed E-state index contributed by atoms with van der Waals surface area (Å²) >= 11 is 6.01. The molecule has 0 bridgehead atoms. The maximum Gasteiger partial charge on any atom is 0.252 e. The van der Waals surface area contributed by atoms with E-state index in [0.29, 0.717) is 11.4 Å². The standard InChI is InChI=1S/C24H19ClFN3O2/c1-15-24(31)29(14-22(30)28-20-12-11-17(26)13-19(20)25)21-10-6-5-9-18(21)23(27-15)16-7-3-2-4-8-16/h2-13,15H,14H2,1H3,(H,28,30)/t15-/m0/s1. The molecule has 0 aromatic heterocycles. The quantitative estimate of drug-likeness (QED) is 0.646. The molecule has 3 aromatic carbocycles. The van der Waals surface area contributed by atoms with E-state index in [0.717, 1.165) is 17.2 Å². The van der Waals surface area contributed by atoms with Gasteiger partial charge in [-0.15, -0.1) is 0 Å². The van der Waals surface area contributed by atoms with E-state index in [-0.39, 0.29) is 23.2 Å². The lowest BCUT2D eigenvalue weighted by Gasteiger charge is -2.24. The number of hydrogen-bond donors (Lipinski definition) is 1. The minimum absolute atomic E-state index is 0.0824. The predicted octanol–water partition coefficient (Wildman–Crippen LogP) is 4.69. The number of para-hydroxylation sites is 1. The Balaban J connectivity index is 1.67. The molecule has 0 saturated heterocycles. The summed E-state index contributed by atoms with van der Waals surface area (Å²) in [6, 6.07) is 20.0. The summed E-state index contributed by atoms with van der Waals surface area (Å²) in [5.74, 6) is -1.25. The molecule has 0 spiro atoms. The molecule has 156 valence electrons. The van der Waals surface area contributed by atoms with Gasteiger partial charge in [0.25, 0.3) is 5.91 Å². The van der Waals surface area contributed by atoms with Crippen molar-refractivity contribution < 1.29 is 14.0 Å². The average molecular weight is 436 g/mol. The number of benzene rings is 3. The number of fused-ring (bicyclic) bond motifs is 1. The fraction of sp³-hybridized carbons (Fsp3) is 0.125. The van der Waals surface area contributed by atoms with Crippen LogP contribution < -0.4 is 10.2 Å². The topological polar surface area (TPSA) is 61.8 Å². The van der Waals surface area contributed by atoms with Crippen LogP contribution in [0.15, 0.2) is 77.8 Å². The van der Waals surface area contributed by atoms with Crippen molar-refractivity contribution >= 4 is 40.5 Å². The lowest BCUT2D eigenvalue weighted by atomic mass is 10.0. The van der Waals surface area contributed by atoms with Gasteiger partial charge in [0.1, 0.15) is 18.4 Å². The fourth-order valence-electron chi connectivity index (χ4n) is 3.49. The Labute approximate surface area is 184 Å². The number of halogens is 2. The van der Waals surface area contributed by atoms with Crippen LogP contribution in [0.2, 0.25) is 5.02 Å². The van der Waals surface area contributed by atoms with Gasteiger partial charge in [-0.05, 0) is 31.2 Å². The summed E-state index contributed by atoms with van der Waals surface area (Å²) in [6.45, 7) is 1.48. The van der Waals surface area contributed by atoms with Crippen LogP contribution in [0, 0.1) is 5.82 Å². The third-order valence-corrected chi connectivity index (χ3v) is 5.26. The SMILES string of the molecule is C[C@@H]1N=C(c2ccccc2)c2ccccc2N(CC(=O)Nc2ccc(F)cc2Cl)C1=O. The Bertz CT molecular complexity index is 1180. The molecule has 7 heteroatoms. The third kappa shape index (κ3) is 4.34. The second-order valence-electron chi connectivity index (χ2n) is 7.13. The van der Waals surface area contributed by atoms with Gasteiger partial charge in [0.05, 0.1) is 22.1 Å². The molecule has 0 saturated carbocycles. The van der Waals surface area contributed by atoms with Crippen LogP contribution in [0.25, 0.3) is 0 Å². The van der Waals surface area contributed by atoms with Crippen LogP contribution in [-0.4, -0.2) is 30.1 Å². The van der Waals surface area contributed by atoms with E-state index in [2.05, 4.69) is 10.3 Å². The van der Waals surface area contributed by atoms with Crippen LogP contribution in [0.5, 0.6) is 0 Å². The number of amides is 2. The number of carbonyl (C=O) groups excluding carboxylic acids is 2. The Morgan fingerprint density at radius 3 is 2.55 bits per heavy atom. The molecule has 2 amide bonds. The summed E-state index contributed by atoms with van der Waals surface area (Å²) in [5, 5.41) is 2.73. The molecular weight excluding hydrogens is 417 g/mol. The number of carbonyl (C=O) groups is 2. The number of aliphatic imine (C=N–C) groups is 1. The lowest BCUT2D eigenvalue weighted by molar-refractivity contribution is -0.122. The summed E-state index contributed by atoms with van der Waals surface area (Å²) in [4.78, 5) is 32.0. The number of benzodiazepines with no additional fused rings is 1. The molecule has 1 atom stereocenters. The molecule has 1 N–H and O–H groups in total. The van der Waals surface area contributed by atoms with Gasteiger partial charge in [0.2, 0.25) is 5.91 Å². The van der Waals surface area contributed by atoms with Gasteiger partial charge in [-0.3, -0.25) is 14.6 Å². The Kier molecular flexibility index (Phi) is 5.82. The Morgan fingerprint density at radius 1 is 1.10 bits per heavy atom. The summed E-state index contributed by atoms with van der Waals surface area (Å²) in [5.41, 5.74) is 3.22. The van der Waals surface area contributed by atoms with Crippen molar-refractivity contribution in [2.24, 2.45) is 4.99 Å². The fourth-order valence-corrected chi connectivity index (χ4v) is 3.70. The highest BCUT2D eigenvalue weighted by molar-refractivity contribution is 6.33. The Morgan fingerprint density at radius 2 is 1.81 bits per heavy atom. The smallest absolute Gasteiger partial charge is 0.252 e. The van der Waals surface area contributed by atoms with Crippen LogP contribution in [0.4, 0.5) is 15.8 Å².